The Kier molecular flexibility index (Phi) is 3.85. The molecule has 0 radical (unpaired) electrons. The average molecular weight is 346 g/mol. The second kappa shape index (κ2) is 5.90. The van der Waals surface area contributed by atoms with Crippen LogP contribution < -0.4 is 0 Å². The van der Waals surface area contributed by atoms with E-state index < -0.39 is 0 Å². The van der Waals surface area contributed by atoms with E-state index in [-0.39, 0.29) is 12.0 Å². The Hall–Kier alpha value is -1.85. The molecule has 2 aliphatic rings. The van der Waals surface area contributed by atoms with Gasteiger partial charge in [0.15, 0.2) is 0 Å². The van der Waals surface area contributed by atoms with Crippen molar-refractivity contribution in [2.75, 3.05) is 13.2 Å². The van der Waals surface area contributed by atoms with Crippen LogP contribution in [0.3, 0.4) is 0 Å². The molecule has 24 heavy (non-hydrogen) atoms. The van der Waals surface area contributed by atoms with E-state index in [1.165, 1.54) is 5.69 Å². The topological polar surface area (TPSA) is 50.7 Å². The lowest BCUT2D eigenvalue weighted by Crippen LogP contribution is -2.34. The number of benzene rings is 1. The number of epoxide rings is 1. The summed E-state index contributed by atoms with van der Waals surface area (Å²) in [5.74, 6) is 0.108. The summed E-state index contributed by atoms with van der Waals surface area (Å²) in [5, 5.41) is 5.62. The molecule has 0 N–H and O–H groups in total. The maximum atomic E-state index is 11.8. The zero-order valence-corrected chi connectivity index (χ0v) is 14.6. The molecule has 0 unspecified atom stereocenters. The number of hydrogen-bond donors (Lipinski definition) is 0. The number of carbonyl (C=O) groups excluding carboxylic acids is 1. The highest BCUT2D eigenvalue weighted by molar-refractivity contribution is 6.31. The van der Waals surface area contributed by atoms with Gasteiger partial charge < -0.3 is 9.64 Å². The molecule has 1 saturated heterocycles. The fourth-order valence-electron chi connectivity index (χ4n) is 3.30. The molecule has 1 fully saturated rings. The molecular formula is C18H20ClN3O2. The van der Waals surface area contributed by atoms with Crippen molar-refractivity contribution in [3.63, 3.8) is 0 Å². The van der Waals surface area contributed by atoms with Crippen LogP contribution in [0.4, 0.5) is 0 Å². The predicted molar refractivity (Wildman–Crippen MR) is 91.9 cm³/mol. The summed E-state index contributed by atoms with van der Waals surface area (Å²) < 4.78 is 7.44. The monoisotopic (exact) mass is 345 g/mol. The number of rotatable bonds is 3. The lowest BCUT2D eigenvalue weighted by atomic mass is 10.00. The fraction of sp³-hybridized carbons (Fsp3) is 0.444. The Morgan fingerprint density at radius 1 is 1.46 bits per heavy atom. The number of aromatic nitrogens is 2. The van der Waals surface area contributed by atoms with E-state index in [9.17, 15) is 4.79 Å². The lowest BCUT2D eigenvalue weighted by Gasteiger charge is -2.26. The van der Waals surface area contributed by atoms with Gasteiger partial charge in [0.1, 0.15) is 6.10 Å². The van der Waals surface area contributed by atoms with Gasteiger partial charge >= 0.3 is 0 Å². The third kappa shape index (κ3) is 2.82. The molecule has 126 valence electrons. The van der Waals surface area contributed by atoms with Gasteiger partial charge in [0, 0.05) is 48.3 Å². The zero-order chi connectivity index (χ0) is 16.8. The molecule has 0 aliphatic carbocycles. The summed E-state index contributed by atoms with van der Waals surface area (Å²) in [6.07, 6.45) is 1.11. The van der Waals surface area contributed by atoms with Gasteiger partial charge in [-0.2, -0.15) is 5.10 Å². The van der Waals surface area contributed by atoms with E-state index in [0.717, 1.165) is 53.5 Å². The van der Waals surface area contributed by atoms with Gasteiger partial charge in [-0.1, -0.05) is 17.7 Å². The van der Waals surface area contributed by atoms with Gasteiger partial charge in [0.05, 0.1) is 18.8 Å². The van der Waals surface area contributed by atoms with Gasteiger partial charge in [0.25, 0.3) is 0 Å². The minimum Gasteiger partial charge on any atom is -0.371 e. The van der Waals surface area contributed by atoms with Crippen LogP contribution in [0.15, 0.2) is 18.2 Å². The summed E-state index contributed by atoms with van der Waals surface area (Å²) in [5.41, 5.74) is 5.41. The van der Waals surface area contributed by atoms with Crippen molar-refractivity contribution < 1.29 is 9.53 Å². The molecule has 1 amide bonds. The average Bonchev–Trinajstić information content (AvgIpc) is 3.30. The van der Waals surface area contributed by atoms with Crippen molar-refractivity contribution >= 4 is 17.5 Å². The third-order valence-corrected chi connectivity index (χ3v) is 5.21. The standard InChI is InChI=1S/C18H20ClN3O2/c1-11-7-13(3-4-16(11)19)18-15-9-21(12(2)23)6-5-17(15)22(20-18)8-14-10-24-14/h3-4,7,14H,5-6,8-10H2,1-2H3/t14-/m1/s1. The molecule has 4 rings (SSSR count). The number of halogens is 1. The molecule has 3 heterocycles. The van der Waals surface area contributed by atoms with E-state index in [1.807, 2.05) is 24.0 Å². The van der Waals surface area contributed by atoms with Crippen molar-refractivity contribution in [1.82, 2.24) is 14.7 Å². The van der Waals surface area contributed by atoms with Crippen molar-refractivity contribution in [3.05, 3.63) is 40.0 Å². The first-order chi connectivity index (χ1) is 11.5. The maximum Gasteiger partial charge on any atom is 0.219 e. The first kappa shape index (κ1) is 15.7. The zero-order valence-electron chi connectivity index (χ0n) is 13.9. The van der Waals surface area contributed by atoms with Crippen LogP contribution in [0.1, 0.15) is 23.7 Å². The van der Waals surface area contributed by atoms with Crippen molar-refractivity contribution in [1.29, 1.82) is 0 Å². The van der Waals surface area contributed by atoms with Crippen LogP contribution in [0, 0.1) is 6.92 Å². The number of hydrogen-bond acceptors (Lipinski definition) is 3. The Labute approximate surface area is 146 Å². The molecule has 6 heteroatoms. The van der Waals surface area contributed by atoms with Crippen LogP contribution in [0.5, 0.6) is 0 Å². The Bertz CT molecular complexity index is 811. The normalized spacial score (nSPS) is 19.3. The van der Waals surface area contributed by atoms with Gasteiger partial charge in [-0.15, -0.1) is 0 Å². The summed E-state index contributed by atoms with van der Waals surface area (Å²) >= 11 is 6.16. The van der Waals surface area contributed by atoms with Crippen LogP contribution in [0.2, 0.25) is 5.02 Å². The van der Waals surface area contributed by atoms with Crippen molar-refractivity contribution in [3.8, 4) is 11.3 Å². The number of aryl methyl sites for hydroxylation is 1. The second-order valence-electron chi connectivity index (χ2n) is 6.57. The third-order valence-electron chi connectivity index (χ3n) is 4.79. The summed E-state index contributed by atoms with van der Waals surface area (Å²) in [6, 6.07) is 5.98. The molecule has 1 atom stereocenters. The van der Waals surface area contributed by atoms with E-state index in [1.54, 1.807) is 6.92 Å². The molecule has 5 nitrogen and oxygen atoms in total. The fourth-order valence-corrected chi connectivity index (χ4v) is 3.42. The Morgan fingerprint density at radius 3 is 2.92 bits per heavy atom. The highest BCUT2D eigenvalue weighted by Gasteiger charge is 2.30. The van der Waals surface area contributed by atoms with Crippen molar-refractivity contribution in [2.45, 2.75) is 39.5 Å². The molecule has 0 bridgehead atoms. The van der Waals surface area contributed by atoms with E-state index in [2.05, 4.69) is 10.7 Å². The molecule has 2 aromatic rings. The molecule has 1 aromatic carbocycles. The summed E-state index contributed by atoms with van der Waals surface area (Å²) in [4.78, 5) is 13.7. The SMILES string of the molecule is CC(=O)N1CCc2c(c(-c3ccc(Cl)c(C)c3)nn2C[C@@H]2CO2)C1. The quantitative estimate of drug-likeness (QED) is 0.804. The summed E-state index contributed by atoms with van der Waals surface area (Å²) in [7, 11) is 0. The molecule has 0 spiro atoms. The van der Waals surface area contributed by atoms with E-state index in [0.29, 0.717) is 6.54 Å². The molecule has 1 aromatic heterocycles. The first-order valence-corrected chi connectivity index (χ1v) is 8.63. The van der Waals surface area contributed by atoms with Crippen molar-refractivity contribution in [2.24, 2.45) is 0 Å². The highest BCUT2D eigenvalue weighted by atomic mass is 35.5. The van der Waals surface area contributed by atoms with Gasteiger partial charge in [-0.25, -0.2) is 0 Å². The number of nitrogens with zero attached hydrogens (tertiary/aromatic N) is 3. The van der Waals surface area contributed by atoms with Gasteiger partial charge in [0.2, 0.25) is 5.91 Å². The molecule has 0 saturated carbocycles. The van der Waals surface area contributed by atoms with Gasteiger partial charge in [-0.3, -0.25) is 9.48 Å². The Balaban J connectivity index is 1.78. The second-order valence-corrected chi connectivity index (χ2v) is 6.97. The highest BCUT2D eigenvalue weighted by Crippen LogP contribution is 2.32. The first-order valence-electron chi connectivity index (χ1n) is 8.25. The predicted octanol–water partition coefficient (Wildman–Crippen LogP) is 2.82. The van der Waals surface area contributed by atoms with E-state index in [4.69, 9.17) is 21.4 Å². The minimum atomic E-state index is 0.108. The van der Waals surface area contributed by atoms with Crippen LogP contribution >= 0.6 is 11.6 Å². The van der Waals surface area contributed by atoms with Gasteiger partial charge in [-0.05, 0) is 24.6 Å². The smallest absolute Gasteiger partial charge is 0.219 e. The maximum absolute atomic E-state index is 11.8. The van der Waals surface area contributed by atoms with Crippen LogP contribution in [0.25, 0.3) is 11.3 Å². The lowest BCUT2D eigenvalue weighted by molar-refractivity contribution is -0.129. The number of ether oxygens (including phenoxy) is 1. The minimum absolute atomic E-state index is 0.108. The molecule has 2 aliphatic heterocycles. The largest absolute Gasteiger partial charge is 0.371 e. The number of carbonyl (C=O) groups is 1. The number of fused-ring (bicyclic) bond motifs is 1. The van der Waals surface area contributed by atoms with Crippen LogP contribution in [-0.2, 0) is 29.0 Å². The van der Waals surface area contributed by atoms with E-state index >= 15 is 0 Å². The summed E-state index contributed by atoms with van der Waals surface area (Å²) in [6.45, 7) is 6.58. The number of amides is 1. The Morgan fingerprint density at radius 2 is 2.25 bits per heavy atom. The van der Waals surface area contributed by atoms with Crippen LogP contribution in [-0.4, -0.2) is 39.8 Å². The molecular weight excluding hydrogens is 326 g/mol.